The lowest BCUT2D eigenvalue weighted by molar-refractivity contribution is -0.124. The van der Waals surface area contributed by atoms with Gasteiger partial charge in [-0.25, -0.2) is 8.42 Å². The molecule has 27 heavy (non-hydrogen) atoms. The summed E-state index contributed by atoms with van der Waals surface area (Å²) in [6.45, 7) is 3.79. The van der Waals surface area contributed by atoms with Crippen molar-refractivity contribution in [2.45, 2.75) is 37.2 Å². The van der Waals surface area contributed by atoms with Gasteiger partial charge >= 0.3 is 11.1 Å². The van der Waals surface area contributed by atoms with Crippen LogP contribution in [0.4, 0.5) is 0 Å². The summed E-state index contributed by atoms with van der Waals surface area (Å²) in [4.78, 5) is 40.1. The van der Waals surface area contributed by atoms with Crippen LogP contribution in [-0.2, 0) is 14.8 Å². The standard InChI is InChI=1S/C16H20N4O5S2/c1-3-9(2)17-14(21)13-7-26-8-20(13)27(24,25)10-4-5-11-12(6-10)19-16(23)15(22)18-11/h4-6,9,13H,3,7-8H2,1-2H3,(H,17,21)(H,18,22)(H,19,23). The Kier molecular flexibility index (Phi) is 5.45. The van der Waals surface area contributed by atoms with Crippen molar-refractivity contribution in [3.8, 4) is 0 Å². The molecule has 3 rings (SSSR count). The molecule has 2 aromatic rings. The second-order valence-electron chi connectivity index (χ2n) is 6.34. The Morgan fingerprint density at radius 2 is 1.96 bits per heavy atom. The van der Waals surface area contributed by atoms with Crippen molar-refractivity contribution >= 4 is 38.7 Å². The minimum absolute atomic E-state index is 0.0461. The highest BCUT2D eigenvalue weighted by Crippen LogP contribution is 2.29. The maximum Gasteiger partial charge on any atom is 0.314 e. The number of benzene rings is 1. The molecule has 11 heteroatoms. The number of fused-ring (bicyclic) bond motifs is 1. The SMILES string of the molecule is CCC(C)NC(=O)C1CSCN1S(=O)(=O)c1ccc2[nH]c(=O)c(=O)[nH]c2c1. The van der Waals surface area contributed by atoms with Gasteiger partial charge in [0.25, 0.3) is 0 Å². The van der Waals surface area contributed by atoms with Gasteiger partial charge in [-0.3, -0.25) is 14.4 Å². The molecule has 1 aromatic carbocycles. The van der Waals surface area contributed by atoms with Gasteiger partial charge in [-0.15, -0.1) is 11.8 Å². The van der Waals surface area contributed by atoms with E-state index < -0.39 is 27.2 Å². The van der Waals surface area contributed by atoms with Crippen molar-refractivity contribution in [1.82, 2.24) is 19.6 Å². The topological polar surface area (TPSA) is 132 Å². The highest BCUT2D eigenvalue weighted by Gasteiger charge is 2.40. The maximum absolute atomic E-state index is 13.1. The molecule has 1 aliphatic heterocycles. The molecular weight excluding hydrogens is 392 g/mol. The van der Waals surface area contributed by atoms with E-state index in [2.05, 4.69) is 15.3 Å². The predicted octanol–water partition coefficient (Wildman–Crippen LogP) is 0.195. The first-order valence-electron chi connectivity index (χ1n) is 8.40. The number of thioether (sulfide) groups is 1. The van der Waals surface area contributed by atoms with Crippen LogP contribution in [0.3, 0.4) is 0 Å². The molecule has 3 N–H and O–H groups in total. The molecule has 2 atom stereocenters. The molecule has 1 aromatic heterocycles. The summed E-state index contributed by atoms with van der Waals surface area (Å²) in [5, 5.41) is 2.82. The monoisotopic (exact) mass is 412 g/mol. The fourth-order valence-electron chi connectivity index (χ4n) is 2.70. The zero-order chi connectivity index (χ0) is 19.8. The van der Waals surface area contributed by atoms with Crippen LogP contribution < -0.4 is 16.4 Å². The van der Waals surface area contributed by atoms with E-state index in [1.165, 1.54) is 34.3 Å². The second kappa shape index (κ2) is 7.49. The van der Waals surface area contributed by atoms with E-state index in [1.807, 2.05) is 13.8 Å². The average molecular weight is 412 g/mol. The zero-order valence-electron chi connectivity index (χ0n) is 14.8. The van der Waals surface area contributed by atoms with E-state index in [0.29, 0.717) is 11.3 Å². The number of nitrogens with one attached hydrogen (secondary N) is 3. The fourth-order valence-corrected chi connectivity index (χ4v) is 5.88. The van der Waals surface area contributed by atoms with E-state index in [-0.39, 0.29) is 28.2 Å². The van der Waals surface area contributed by atoms with Crippen LogP contribution >= 0.6 is 11.8 Å². The first-order valence-corrected chi connectivity index (χ1v) is 11.0. The summed E-state index contributed by atoms with van der Waals surface area (Å²) in [6.07, 6.45) is 0.745. The van der Waals surface area contributed by atoms with E-state index in [0.717, 1.165) is 6.42 Å². The van der Waals surface area contributed by atoms with Crippen LogP contribution in [0.5, 0.6) is 0 Å². The Morgan fingerprint density at radius 3 is 2.63 bits per heavy atom. The van der Waals surface area contributed by atoms with E-state index in [1.54, 1.807) is 0 Å². The van der Waals surface area contributed by atoms with Gasteiger partial charge in [-0.1, -0.05) is 6.92 Å². The van der Waals surface area contributed by atoms with Crippen LogP contribution in [0.1, 0.15) is 20.3 Å². The molecule has 2 heterocycles. The first-order chi connectivity index (χ1) is 12.7. The Labute approximate surface area is 159 Å². The quantitative estimate of drug-likeness (QED) is 0.601. The highest BCUT2D eigenvalue weighted by atomic mass is 32.2. The molecule has 146 valence electrons. The zero-order valence-corrected chi connectivity index (χ0v) is 16.4. The van der Waals surface area contributed by atoms with Gasteiger partial charge in [0.2, 0.25) is 15.9 Å². The molecule has 9 nitrogen and oxygen atoms in total. The number of carbonyl (C=O) groups is 1. The number of nitrogens with zero attached hydrogens (tertiary/aromatic N) is 1. The molecule has 0 bridgehead atoms. The molecule has 1 fully saturated rings. The van der Waals surface area contributed by atoms with Gasteiger partial charge in [0.05, 0.1) is 21.8 Å². The van der Waals surface area contributed by atoms with Crippen LogP contribution in [0.25, 0.3) is 11.0 Å². The Hall–Kier alpha value is -2.11. The molecule has 1 amide bonds. The summed E-state index contributed by atoms with van der Waals surface area (Å²) in [5.41, 5.74) is -1.15. The normalized spacial score (nSPS) is 19.3. The van der Waals surface area contributed by atoms with Crippen LogP contribution in [-0.4, -0.2) is 52.3 Å². The maximum atomic E-state index is 13.1. The van der Waals surface area contributed by atoms with E-state index in [4.69, 9.17) is 0 Å². The van der Waals surface area contributed by atoms with Crippen molar-refractivity contribution in [3.05, 3.63) is 38.9 Å². The lowest BCUT2D eigenvalue weighted by Gasteiger charge is -2.24. The Balaban J connectivity index is 1.96. The minimum Gasteiger partial charge on any atom is -0.352 e. The number of rotatable bonds is 5. The largest absolute Gasteiger partial charge is 0.352 e. The molecule has 0 radical (unpaired) electrons. The van der Waals surface area contributed by atoms with Gasteiger partial charge in [-0.2, -0.15) is 4.31 Å². The molecule has 2 unspecified atom stereocenters. The van der Waals surface area contributed by atoms with Crippen molar-refractivity contribution in [3.63, 3.8) is 0 Å². The van der Waals surface area contributed by atoms with E-state index in [9.17, 15) is 22.8 Å². The summed E-state index contributed by atoms with van der Waals surface area (Å²) in [5.74, 6) is 0.219. The predicted molar refractivity (Wildman–Crippen MR) is 103 cm³/mol. The van der Waals surface area contributed by atoms with Crippen molar-refractivity contribution in [1.29, 1.82) is 0 Å². The lowest BCUT2D eigenvalue weighted by Crippen LogP contribution is -2.49. The van der Waals surface area contributed by atoms with Gasteiger partial charge < -0.3 is 15.3 Å². The molecule has 1 saturated heterocycles. The summed E-state index contributed by atoms with van der Waals surface area (Å²) >= 11 is 1.36. The average Bonchev–Trinajstić information content (AvgIpc) is 3.13. The van der Waals surface area contributed by atoms with Gasteiger partial charge in [-0.05, 0) is 31.5 Å². The summed E-state index contributed by atoms with van der Waals surface area (Å²) in [7, 11) is -3.95. The summed E-state index contributed by atoms with van der Waals surface area (Å²) < 4.78 is 27.3. The molecule has 0 saturated carbocycles. The smallest absolute Gasteiger partial charge is 0.314 e. The number of sulfonamides is 1. The third kappa shape index (κ3) is 3.80. The van der Waals surface area contributed by atoms with E-state index >= 15 is 0 Å². The van der Waals surface area contributed by atoms with Crippen LogP contribution in [0, 0.1) is 0 Å². The van der Waals surface area contributed by atoms with Crippen molar-refractivity contribution < 1.29 is 13.2 Å². The molecule has 1 aliphatic rings. The number of hydrogen-bond donors (Lipinski definition) is 3. The number of carbonyl (C=O) groups excluding carboxylic acids is 1. The first kappa shape index (κ1) is 19.6. The van der Waals surface area contributed by atoms with Crippen LogP contribution in [0.2, 0.25) is 0 Å². The number of hydrogen-bond acceptors (Lipinski definition) is 6. The fraction of sp³-hybridized carbons (Fsp3) is 0.438. The van der Waals surface area contributed by atoms with Gasteiger partial charge in [0.1, 0.15) is 6.04 Å². The van der Waals surface area contributed by atoms with Gasteiger partial charge in [0.15, 0.2) is 0 Å². The van der Waals surface area contributed by atoms with Gasteiger partial charge in [0, 0.05) is 11.8 Å². The lowest BCUT2D eigenvalue weighted by atomic mass is 10.2. The summed E-state index contributed by atoms with van der Waals surface area (Å²) in [6, 6.07) is 3.21. The minimum atomic E-state index is -3.95. The van der Waals surface area contributed by atoms with Crippen molar-refractivity contribution in [2.75, 3.05) is 11.6 Å². The molecule has 0 spiro atoms. The third-order valence-electron chi connectivity index (χ3n) is 4.45. The second-order valence-corrected chi connectivity index (χ2v) is 9.23. The molecular formula is C16H20N4O5S2. The highest BCUT2D eigenvalue weighted by molar-refractivity contribution is 8.00. The Morgan fingerprint density at radius 1 is 1.30 bits per heavy atom. The Bertz CT molecular complexity index is 1090. The number of aromatic nitrogens is 2. The number of H-pyrrole nitrogens is 2. The molecule has 0 aliphatic carbocycles. The number of aromatic amines is 2. The van der Waals surface area contributed by atoms with Crippen LogP contribution in [0.15, 0.2) is 32.7 Å². The van der Waals surface area contributed by atoms with Crippen molar-refractivity contribution in [2.24, 2.45) is 0 Å². The third-order valence-corrected chi connectivity index (χ3v) is 7.47. The number of amides is 1.